The number of halogens is 1. The largest absolute Gasteiger partial charge is 0.489 e. The van der Waals surface area contributed by atoms with Crippen LogP contribution in [-0.4, -0.2) is 4.92 Å². The van der Waals surface area contributed by atoms with Crippen molar-refractivity contribution in [2.75, 3.05) is 0 Å². The van der Waals surface area contributed by atoms with E-state index in [4.69, 9.17) is 4.74 Å². The van der Waals surface area contributed by atoms with Crippen LogP contribution < -0.4 is 4.74 Å². The number of ether oxygens (including phenoxy) is 1. The Morgan fingerprint density at radius 1 is 1.26 bits per heavy atom. The molecule has 0 saturated heterocycles. The van der Waals surface area contributed by atoms with Crippen molar-refractivity contribution >= 4 is 21.6 Å². The first-order chi connectivity index (χ1) is 9.08. The Labute approximate surface area is 119 Å². The second-order valence-corrected chi connectivity index (χ2v) is 4.95. The van der Waals surface area contributed by atoms with E-state index in [9.17, 15) is 10.1 Å². The highest BCUT2D eigenvalue weighted by atomic mass is 79.9. The van der Waals surface area contributed by atoms with Gasteiger partial charge < -0.3 is 4.74 Å². The lowest BCUT2D eigenvalue weighted by Crippen LogP contribution is -1.98. The Balaban J connectivity index is 2.14. The van der Waals surface area contributed by atoms with E-state index in [-0.39, 0.29) is 5.69 Å². The van der Waals surface area contributed by atoms with Gasteiger partial charge in [-0.1, -0.05) is 24.3 Å². The van der Waals surface area contributed by atoms with Gasteiger partial charge in [-0.05, 0) is 46.1 Å². The molecule has 0 radical (unpaired) electrons. The maximum absolute atomic E-state index is 10.8. The van der Waals surface area contributed by atoms with Crippen LogP contribution >= 0.6 is 15.9 Å². The highest BCUT2D eigenvalue weighted by Gasteiger charge is 2.12. The molecule has 0 aliphatic rings. The lowest BCUT2D eigenvalue weighted by Gasteiger charge is -2.09. The Morgan fingerprint density at radius 3 is 2.68 bits per heavy atom. The molecule has 0 spiro atoms. The van der Waals surface area contributed by atoms with Gasteiger partial charge in [0.2, 0.25) is 0 Å². The first kappa shape index (κ1) is 13.5. The topological polar surface area (TPSA) is 52.4 Å². The van der Waals surface area contributed by atoms with Crippen molar-refractivity contribution in [1.82, 2.24) is 0 Å². The number of hydrogen-bond donors (Lipinski definition) is 0. The number of nitro groups is 1. The second-order valence-electron chi connectivity index (χ2n) is 4.10. The monoisotopic (exact) mass is 321 g/mol. The number of para-hydroxylation sites is 1. The molecule has 4 nitrogen and oxygen atoms in total. The van der Waals surface area contributed by atoms with Crippen molar-refractivity contribution in [3.8, 4) is 5.75 Å². The summed E-state index contributed by atoms with van der Waals surface area (Å²) in [6.07, 6.45) is 0. The third-order valence-corrected chi connectivity index (χ3v) is 3.37. The van der Waals surface area contributed by atoms with Gasteiger partial charge in [0.05, 0.1) is 9.40 Å². The molecule has 0 unspecified atom stereocenters. The van der Waals surface area contributed by atoms with Crippen molar-refractivity contribution in [3.63, 3.8) is 0 Å². The summed E-state index contributed by atoms with van der Waals surface area (Å²) in [5.74, 6) is 0.785. The van der Waals surface area contributed by atoms with Crippen LogP contribution in [0.5, 0.6) is 5.75 Å². The van der Waals surface area contributed by atoms with Gasteiger partial charge in [-0.15, -0.1) is 0 Å². The molecule has 0 atom stereocenters. The predicted molar refractivity (Wildman–Crippen MR) is 76.3 cm³/mol. The minimum absolute atomic E-state index is 0.0471. The molecule has 0 aliphatic heterocycles. The Bertz CT molecular complexity index is 613. The fraction of sp³-hybridized carbons (Fsp3) is 0.143. The molecule has 2 aromatic carbocycles. The van der Waals surface area contributed by atoms with Crippen LogP contribution in [-0.2, 0) is 6.61 Å². The summed E-state index contributed by atoms with van der Waals surface area (Å²) in [6, 6.07) is 12.6. The molecule has 19 heavy (non-hydrogen) atoms. The fourth-order valence-corrected chi connectivity index (χ4v) is 2.06. The van der Waals surface area contributed by atoms with E-state index >= 15 is 0 Å². The summed E-state index contributed by atoms with van der Waals surface area (Å²) >= 11 is 3.16. The van der Waals surface area contributed by atoms with Crippen molar-refractivity contribution in [2.24, 2.45) is 0 Å². The lowest BCUT2D eigenvalue weighted by molar-refractivity contribution is -0.385. The summed E-state index contributed by atoms with van der Waals surface area (Å²) in [5, 5.41) is 10.8. The highest BCUT2D eigenvalue weighted by molar-refractivity contribution is 9.10. The Kier molecular flexibility index (Phi) is 4.16. The number of nitrogens with zero attached hydrogens (tertiary/aromatic N) is 1. The molecule has 0 N–H and O–H groups in total. The van der Waals surface area contributed by atoms with Gasteiger partial charge in [-0.2, -0.15) is 0 Å². The first-order valence-electron chi connectivity index (χ1n) is 5.69. The average Bonchev–Trinajstić information content (AvgIpc) is 2.39. The number of benzene rings is 2. The van der Waals surface area contributed by atoms with E-state index in [1.807, 2.05) is 31.2 Å². The van der Waals surface area contributed by atoms with Crippen LogP contribution in [0.25, 0.3) is 0 Å². The minimum Gasteiger partial charge on any atom is -0.489 e. The van der Waals surface area contributed by atoms with E-state index < -0.39 is 4.92 Å². The van der Waals surface area contributed by atoms with E-state index in [2.05, 4.69) is 15.9 Å². The van der Waals surface area contributed by atoms with Crippen LogP contribution in [0.15, 0.2) is 46.9 Å². The summed E-state index contributed by atoms with van der Waals surface area (Å²) in [4.78, 5) is 10.4. The normalized spacial score (nSPS) is 10.2. The number of rotatable bonds is 4. The van der Waals surface area contributed by atoms with Gasteiger partial charge >= 0.3 is 0 Å². The van der Waals surface area contributed by atoms with E-state index in [0.29, 0.717) is 11.1 Å². The third-order valence-electron chi connectivity index (χ3n) is 2.70. The number of nitro benzene ring substituents is 1. The molecule has 5 heteroatoms. The smallest absolute Gasteiger partial charge is 0.283 e. The van der Waals surface area contributed by atoms with Crippen LogP contribution in [0.4, 0.5) is 5.69 Å². The minimum atomic E-state index is -0.415. The van der Waals surface area contributed by atoms with Crippen LogP contribution in [0.1, 0.15) is 11.1 Å². The van der Waals surface area contributed by atoms with Crippen LogP contribution in [0.2, 0.25) is 0 Å². The molecule has 0 fully saturated rings. The number of hydrogen-bond acceptors (Lipinski definition) is 3. The summed E-state index contributed by atoms with van der Waals surface area (Å²) < 4.78 is 6.13. The van der Waals surface area contributed by atoms with Crippen LogP contribution in [0.3, 0.4) is 0 Å². The van der Waals surface area contributed by atoms with E-state index in [1.54, 1.807) is 12.1 Å². The summed E-state index contributed by atoms with van der Waals surface area (Å²) in [7, 11) is 0. The molecule has 0 aliphatic carbocycles. The number of aryl methyl sites for hydroxylation is 1. The molecule has 98 valence electrons. The predicted octanol–water partition coefficient (Wildman–Crippen LogP) is 4.24. The lowest BCUT2D eigenvalue weighted by atomic mass is 10.2. The SMILES string of the molecule is Cc1ccccc1OCc1ccc(Br)c([N+](=O)[O-])c1. The van der Waals surface area contributed by atoms with Crippen molar-refractivity contribution < 1.29 is 9.66 Å². The summed E-state index contributed by atoms with van der Waals surface area (Å²) in [5.41, 5.74) is 1.85. The standard InChI is InChI=1S/C14H12BrNO3/c1-10-4-2-3-5-14(10)19-9-11-6-7-12(15)13(8-11)16(17)18/h2-8H,9H2,1H3. The maximum atomic E-state index is 10.8. The molecule has 0 heterocycles. The van der Waals surface area contributed by atoms with Gasteiger partial charge in [0, 0.05) is 6.07 Å². The quantitative estimate of drug-likeness (QED) is 0.625. The van der Waals surface area contributed by atoms with Gasteiger partial charge in [0.15, 0.2) is 0 Å². The zero-order chi connectivity index (χ0) is 13.8. The van der Waals surface area contributed by atoms with Crippen molar-refractivity contribution in [3.05, 3.63) is 68.2 Å². The van der Waals surface area contributed by atoms with Crippen molar-refractivity contribution in [2.45, 2.75) is 13.5 Å². The van der Waals surface area contributed by atoms with Crippen molar-refractivity contribution in [1.29, 1.82) is 0 Å². The van der Waals surface area contributed by atoms with E-state index in [1.165, 1.54) is 6.07 Å². The van der Waals surface area contributed by atoms with Crippen LogP contribution in [0, 0.1) is 17.0 Å². The Hall–Kier alpha value is -1.88. The molecule has 0 amide bonds. The second kappa shape index (κ2) is 5.84. The zero-order valence-corrected chi connectivity index (χ0v) is 11.9. The summed E-state index contributed by atoms with van der Waals surface area (Å²) in [6.45, 7) is 2.26. The molecule has 0 aromatic heterocycles. The zero-order valence-electron chi connectivity index (χ0n) is 10.3. The van der Waals surface area contributed by atoms with Gasteiger partial charge in [-0.3, -0.25) is 10.1 Å². The molecular formula is C14H12BrNO3. The maximum Gasteiger partial charge on any atom is 0.283 e. The molecular weight excluding hydrogens is 310 g/mol. The molecule has 2 rings (SSSR count). The van der Waals surface area contributed by atoms with Gasteiger partial charge in [-0.25, -0.2) is 0 Å². The average molecular weight is 322 g/mol. The molecule has 0 saturated carbocycles. The fourth-order valence-electron chi connectivity index (χ4n) is 1.67. The first-order valence-corrected chi connectivity index (χ1v) is 6.48. The molecule has 2 aromatic rings. The van der Waals surface area contributed by atoms with Gasteiger partial charge in [0.1, 0.15) is 12.4 Å². The van der Waals surface area contributed by atoms with E-state index in [0.717, 1.165) is 16.9 Å². The van der Waals surface area contributed by atoms with Gasteiger partial charge in [0.25, 0.3) is 5.69 Å². The Morgan fingerprint density at radius 2 is 2.00 bits per heavy atom. The highest BCUT2D eigenvalue weighted by Crippen LogP contribution is 2.26. The molecule has 0 bridgehead atoms. The third kappa shape index (κ3) is 3.32.